The van der Waals surface area contributed by atoms with Gasteiger partial charge in [0.05, 0.1) is 19.8 Å². The number of esters is 1. The van der Waals surface area contributed by atoms with E-state index in [0.29, 0.717) is 13.0 Å². The number of rotatable bonds is 26. The third kappa shape index (κ3) is 17.2. The van der Waals surface area contributed by atoms with Gasteiger partial charge in [0.2, 0.25) is 0 Å². The van der Waals surface area contributed by atoms with E-state index in [-0.39, 0.29) is 19.2 Å². The molecule has 0 amide bonds. The average Bonchev–Trinajstić information content (AvgIpc) is 2.95. The van der Waals surface area contributed by atoms with Crippen molar-refractivity contribution in [1.29, 1.82) is 0 Å². The zero-order valence-corrected chi connectivity index (χ0v) is 25.4. The highest BCUT2D eigenvalue weighted by molar-refractivity contribution is 5.69. The standard InChI is InChI=1S/C31H60O9/c1-3-5-7-9-10-11-12-13-14-15-17-19-21-37-23-25(39-27(33)20-18-16-8-6-4-2)24-38-31-30(36)29(35)28(34)26(22-32)40-31/h25-26,28-32,34-36H,3-24H2,1-2H3. The minimum absolute atomic E-state index is 0.108. The molecule has 1 aliphatic heterocycles. The summed E-state index contributed by atoms with van der Waals surface area (Å²) in [7, 11) is 0. The average molecular weight is 577 g/mol. The van der Waals surface area contributed by atoms with Gasteiger partial charge in [-0.2, -0.15) is 0 Å². The number of ether oxygens (including phenoxy) is 4. The van der Waals surface area contributed by atoms with Crippen LogP contribution in [0.2, 0.25) is 0 Å². The molecule has 1 fully saturated rings. The van der Waals surface area contributed by atoms with E-state index >= 15 is 0 Å². The van der Waals surface area contributed by atoms with E-state index in [1.54, 1.807) is 0 Å². The van der Waals surface area contributed by atoms with Crippen LogP contribution in [-0.4, -0.2) is 89.6 Å². The third-order valence-corrected chi connectivity index (χ3v) is 7.52. The summed E-state index contributed by atoms with van der Waals surface area (Å²) >= 11 is 0. The quantitative estimate of drug-likeness (QED) is 0.0846. The van der Waals surface area contributed by atoms with Crippen LogP contribution in [0.5, 0.6) is 0 Å². The molecule has 0 saturated carbocycles. The van der Waals surface area contributed by atoms with Gasteiger partial charge in [0.15, 0.2) is 6.29 Å². The SMILES string of the molecule is CCCCCCCCCCCCCCOCC(COC1OC(CO)C(O)C(O)C1O)OC(=O)CCCCCCC. The summed E-state index contributed by atoms with van der Waals surface area (Å²) in [5.41, 5.74) is 0. The second-order valence-corrected chi connectivity index (χ2v) is 11.3. The first-order valence-electron chi connectivity index (χ1n) is 16.1. The van der Waals surface area contributed by atoms with Gasteiger partial charge >= 0.3 is 5.97 Å². The Kier molecular flexibility index (Phi) is 23.0. The van der Waals surface area contributed by atoms with Gasteiger partial charge in [0.25, 0.3) is 0 Å². The topological polar surface area (TPSA) is 135 Å². The molecule has 0 radical (unpaired) electrons. The highest BCUT2D eigenvalue weighted by Gasteiger charge is 2.44. The van der Waals surface area contributed by atoms with Crippen LogP contribution in [0.15, 0.2) is 0 Å². The fraction of sp³-hybridized carbons (Fsp3) is 0.968. The van der Waals surface area contributed by atoms with Crippen molar-refractivity contribution in [1.82, 2.24) is 0 Å². The van der Waals surface area contributed by atoms with Gasteiger partial charge in [-0.15, -0.1) is 0 Å². The lowest BCUT2D eigenvalue weighted by Crippen LogP contribution is -2.59. The first kappa shape index (κ1) is 37.2. The number of hydrogen-bond donors (Lipinski definition) is 4. The molecule has 1 aliphatic rings. The van der Waals surface area contributed by atoms with Crippen molar-refractivity contribution in [3.05, 3.63) is 0 Å². The first-order valence-corrected chi connectivity index (χ1v) is 16.1. The molecular weight excluding hydrogens is 516 g/mol. The summed E-state index contributed by atoms with van der Waals surface area (Å²) in [6.45, 7) is 4.45. The number of hydrogen-bond acceptors (Lipinski definition) is 9. The van der Waals surface area contributed by atoms with E-state index in [9.17, 15) is 25.2 Å². The summed E-state index contributed by atoms with van der Waals surface area (Å²) < 4.78 is 22.4. The Labute approximate surface area is 242 Å². The lowest BCUT2D eigenvalue weighted by atomic mass is 9.99. The van der Waals surface area contributed by atoms with Crippen LogP contribution in [0, 0.1) is 0 Å². The maximum atomic E-state index is 12.4. The Balaban J connectivity index is 2.34. The van der Waals surface area contributed by atoms with Gasteiger partial charge in [-0.05, 0) is 12.8 Å². The normalized spacial score (nSPS) is 23.8. The molecule has 1 saturated heterocycles. The van der Waals surface area contributed by atoms with Crippen molar-refractivity contribution in [2.75, 3.05) is 26.4 Å². The van der Waals surface area contributed by atoms with Crippen molar-refractivity contribution in [2.45, 2.75) is 166 Å². The Morgan fingerprint density at radius 2 is 1.23 bits per heavy atom. The molecule has 0 aliphatic carbocycles. The molecule has 6 atom stereocenters. The molecule has 0 aromatic heterocycles. The van der Waals surface area contributed by atoms with Crippen LogP contribution < -0.4 is 0 Å². The lowest BCUT2D eigenvalue weighted by molar-refractivity contribution is -0.305. The molecule has 0 spiro atoms. The number of aliphatic hydroxyl groups excluding tert-OH is 4. The molecule has 0 bridgehead atoms. The number of carbonyl (C=O) groups is 1. The maximum absolute atomic E-state index is 12.4. The molecule has 9 nitrogen and oxygen atoms in total. The van der Waals surface area contributed by atoms with Gasteiger partial charge in [0, 0.05) is 13.0 Å². The number of unbranched alkanes of at least 4 members (excludes halogenated alkanes) is 15. The predicted octanol–water partition coefficient (Wildman–Crippen LogP) is 4.79. The monoisotopic (exact) mass is 576 g/mol. The largest absolute Gasteiger partial charge is 0.457 e. The van der Waals surface area contributed by atoms with Crippen LogP contribution in [0.4, 0.5) is 0 Å². The highest BCUT2D eigenvalue weighted by Crippen LogP contribution is 2.22. The molecule has 6 unspecified atom stereocenters. The van der Waals surface area contributed by atoms with Crippen molar-refractivity contribution < 1.29 is 44.2 Å². The zero-order valence-electron chi connectivity index (χ0n) is 25.4. The second kappa shape index (κ2) is 24.8. The lowest BCUT2D eigenvalue weighted by Gasteiger charge is -2.39. The van der Waals surface area contributed by atoms with E-state index < -0.39 is 43.4 Å². The van der Waals surface area contributed by atoms with Crippen molar-refractivity contribution in [3.63, 3.8) is 0 Å². The highest BCUT2D eigenvalue weighted by atomic mass is 16.7. The van der Waals surface area contributed by atoms with Crippen molar-refractivity contribution >= 4 is 5.97 Å². The van der Waals surface area contributed by atoms with Crippen molar-refractivity contribution in [3.8, 4) is 0 Å². The number of aliphatic hydroxyl groups is 4. The van der Waals surface area contributed by atoms with Crippen LogP contribution >= 0.6 is 0 Å². The minimum Gasteiger partial charge on any atom is -0.457 e. The van der Waals surface area contributed by atoms with Crippen LogP contribution in [0.1, 0.15) is 129 Å². The van der Waals surface area contributed by atoms with Gasteiger partial charge in [-0.25, -0.2) is 0 Å². The Hall–Kier alpha value is -0.810. The molecule has 9 heteroatoms. The van der Waals surface area contributed by atoms with E-state index in [2.05, 4.69) is 13.8 Å². The van der Waals surface area contributed by atoms with Gasteiger partial charge in [-0.1, -0.05) is 110 Å². The summed E-state index contributed by atoms with van der Waals surface area (Å²) in [6, 6.07) is 0. The van der Waals surface area contributed by atoms with E-state index in [0.717, 1.165) is 44.9 Å². The molecule has 40 heavy (non-hydrogen) atoms. The van der Waals surface area contributed by atoms with Crippen LogP contribution in [0.3, 0.4) is 0 Å². The second-order valence-electron chi connectivity index (χ2n) is 11.3. The molecule has 238 valence electrons. The molecule has 1 rings (SSSR count). The fourth-order valence-electron chi connectivity index (χ4n) is 4.90. The molecule has 0 aromatic rings. The van der Waals surface area contributed by atoms with Gasteiger partial charge in [-0.3, -0.25) is 4.79 Å². The van der Waals surface area contributed by atoms with E-state index in [1.165, 1.54) is 64.2 Å². The summed E-state index contributed by atoms with van der Waals surface area (Å²) in [5, 5.41) is 39.6. The van der Waals surface area contributed by atoms with Crippen molar-refractivity contribution in [2.24, 2.45) is 0 Å². The summed E-state index contributed by atoms with van der Waals surface area (Å²) in [4.78, 5) is 12.4. The summed E-state index contributed by atoms with van der Waals surface area (Å²) in [5.74, 6) is -0.326. The molecule has 1 heterocycles. The Morgan fingerprint density at radius 3 is 1.77 bits per heavy atom. The fourth-order valence-corrected chi connectivity index (χ4v) is 4.90. The third-order valence-electron chi connectivity index (χ3n) is 7.52. The summed E-state index contributed by atoms with van der Waals surface area (Å²) in [6.07, 6.45) is 13.1. The Morgan fingerprint density at radius 1 is 0.700 bits per heavy atom. The number of carbonyl (C=O) groups excluding carboxylic acids is 1. The smallest absolute Gasteiger partial charge is 0.306 e. The van der Waals surface area contributed by atoms with E-state index in [4.69, 9.17) is 18.9 Å². The zero-order chi connectivity index (χ0) is 29.4. The maximum Gasteiger partial charge on any atom is 0.306 e. The predicted molar refractivity (Wildman–Crippen MR) is 155 cm³/mol. The molecule has 4 N–H and O–H groups in total. The first-order chi connectivity index (χ1) is 19.4. The van der Waals surface area contributed by atoms with Gasteiger partial charge < -0.3 is 39.4 Å². The van der Waals surface area contributed by atoms with Crippen LogP contribution in [0.25, 0.3) is 0 Å². The van der Waals surface area contributed by atoms with Crippen LogP contribution in [-0.2, 0) is 23.7 Å². The Bertz CT molecular complexity index is 589. The molecular formula is C31H60O9. The van der Waals surface area contributed by atoms with E-state index in [1.807, 2.05) is 0 Å². The van der Waals surface area contributed by atoms with Gasteiger partial charge in [0.1, 0.15) is 30.5 Å². The minimum atomic E-state index is -1.53. The molecule has 0 aromatic carbocycles.